The predicted molar refractivity (Wildman–Crippen MR) is 67.1 cm³/mol. The second-order valence-corrected chi connectivity index (χ2v) is 5.42. The molecule has 0 aromatic carbocycles. The van der Waals surface area contributed by atoms with Crippen LogP contribution in [0.1, 0.15) is 39.5 Å². The van der Waals surface area contributed by atoms with Crippen LogP contribution in [-0.4, -0.2) is 30.3 Å². The van der Waals surface area contributed by atoms with Crippen LogP contribution in [0.15, 0.2) is 0 Å². The zero-order valence-electron chi connectivity index (χ0n) is 9.87. The summed E-state index contributed by atoms with van der Waals surface area (Å²) in [7, 11) is 2.28. The van der Waals surface area contributed by atoms with Crippen molar-refractivity contribution >= 4 is 12.6 Å². The molecule has 0 radical (unpaired) electrons. The van der Waals surface area contributed by atoms with Gasteiger partial charge in [-0.15, -0.1) is 0 Å². The van der Waals surface area contributed by atoms with Crippen LogP contribution in [0.3, 0.4) is 0 Å². The second kappa shape index (κ2) is 6.02. The van der Waals surface area contributed by atoms with Crippen LogP contribution in [0, 0.1) is 11.8 Å². The molecule has 1 rings (SSSR count). The van der Waals surface area contributed by atoms with Gasteiger partial charge >= 0.3 is 0 Å². The smallest absolute Gasteiger partial charge is 0.0118 e. The van der Waals surface area contributed by atoms with Crippen LogP contribution in [0.2, 0.25) is 0 Å². The number of thiol groups is 1. The van der Waals surface area contributed by atoms with Crippen LogP contribution in [0.25, 0.3) is 0 Å². The lowest BCUT2D eigenvalue weighted by molar-refractivity contribution is 0.128. The lowest BCUT2D eigenvalue weighted by Crippen LogP contribution is -2.41. The Morgan fingerprint density at radius 3 is 2.57 bits per heavy atom. The number of hydrogen-bond acceptors (Lipinski definition) is 2. The Kier molecular flexibility index (Phi) is 5.32. The van der Waals surface area contributed by atoms with Gasteiger partial charge in [0.05, 0.1) is 0 Å². The molecule has 84 valence electrons. The van der Waals surface area contributed by atoms with Gasteiger partial charge in [0, 0.05) is 12.6 Å². The van der Waals surface area contributed by atoms with Crippen molar-refractivity contribution in [1.82, 2.24) is 4.90 Å². The molecular formula is C12H25NS. The maximum atomic E-state index is 4.35. The lowest BCUT2D eigenvalue weighted by Gasteiger charge is -2.37. The third-order valence-corrected chi connectivity index (χ3v) is 4.17. The summed E-state index contributed by atoms with van der Waals surface area (Å²) in [6, 6.07) is 0.825. The van der Waals surface area contributed by atoms with E-state index in [1.165, 1.54) is 32.2 Å². The van der Waals surface area contributed by atoms with Gasteiger partial charge in [0.15, 0.2) is 0 Å². The Morgan fingerprint density at radius 2 is 2.00 bits per heavy atom. The van der Waals surface area contributed by atoms with Crippen LogP contribution < -0.4 is 0 Å². The molecule has 3 unspecified atom stereocenters. The highest BCUT2D eigenvalue weighted by atomic mass is 32.1. The van der Waals surface area contributed by atoms with Gasteiger partial charge in [-0.1, -0.05) is 26.7 Å². The summed E-state index contributed by atoms with van der Waals surface area (Å²) in [5, 5.41) is 0. The maximum absolute atomic E-state index is 4.35. The van der Waals surface area contributed by atoms with E-state index in [0.29, 0.717) is 0 Å². The summed E-state index contributed by atoms with van der Waals surface area (Å²) in [4.78, 5) is 2.56. The lowest BCUT2D eigenvalue weighted by atomic mass is 9.85. The van der Waals surface area contributed by atoms with Gasteiger partial charge < -0.3 is 4.90 Å². The van der Waals surface area contributed by atoms with Crippen LogP contribution in [0.5, 0.6) is 0 Å². The van der Waals surface area contributed by atoms with Gasteiger partial charge in [0.2, 0.25) is 0 Å². The van der Waals surface area contributed by atoms with Crippen molar-refractivity contribution in [3.05, 3.63) is 0 Å². The van der Waals surface area contributed by atoms with E-state index in [9.17, 15) is 0 Å². The highest BCUT2D eigenvalue weighted by molar-refractivity contribution is 7.80. The van der Waals surface area contributed by atoms with Crippen molar-refractivity contribution in [2.45, 2.75) is 45.6 Å². The molecule has 1 aliphatic rings. The summed E-state index contributed by atoms with van der Waals surface area (Å²) in [5.74, 6) is 2.61. The minimum atomic E-state index is 0.720. The third-order valence-electron chi connectivity index (χ3n) is 3.54. The first-order chi connectivity index (χ1) is 6.65. The second-order valence-electron chi connectivity index (χ2n) is 5.06. The van der Waals surface area contributed by atoms with Crippen molar-refractivity contribution in [3.63, 3.8) is 0 Å². The van der Waals surface area contributed by atoms with Crippen LogP contribution >= 0.6 is 12.6 Å². The van der Waals surface area contributed by atoms with Crippen LogP contribution in [-0.2, 0) is 0 Å². The van der Waals surface area contributed by atoms with E-state index in [-0.39, 0.29) is 0 Å². The Morgan fingerprint density at radius 1 is 1.36 bits per heavy atom. The fraction of sp³-hybridized carbons (Fsp3) is 1.00. The van der Waals surface area contributed by atoms with E-state index in [1.54, 1.807) is 0 Å². The SMILES string of the molecule is CC(CS)CN(C)C1CCCCC1C. The molecule has 2 heteroatoms. The van der Waals surface area contributed by atoms with E-state index in [2.05, 4.69) is 38.4 Å². The molecule has 1 nitrogen and oxygen atoms in total. The van der Waals surface area contributed by atoms with Crippen molar-refractivity contribution in [2.24, 2.45) is 11.8 Å². The largest absolute Gasteiger partial charge is 0.303 e. The molecule has 0 bridgehead atoms. The van der Waals surface area contributed by atoms with Crippen molar-refractivity contribution in [3.8, 4) is 0 Å². The Hall–Kier alpha value is 0.310. The molecule has 0 aromatic rings. The average molecular weight is 215 g/mol. The van der Waals surface area contributed by atoms with E-state index in [4.69, 9.17) is 0 Å². The summed E-state index contributed by atoms with van der Waals surface area (Å²) in [6.07, 6.45) is 5.68. The summed E-state index contributed by atoms with van der Waals surface area (Å²) < 4.78 is 0. The molecule has 3 atom stereocenters. The van der Waals surface area contributed by atoms with Gasteiger partial charge in [-0.3, -0.25) is 0 Å². The highest BCUT2D eigenvalue weighted by Crippen LogP contribution is 2.27. The predicted octanol–water partition coefficient (Wildman–Crippen LogP) is 3.06. The van der Waals surface area contributed by atoms with E-state index in [1.807, 2.05) is 0 Å². The zero-order chi connectivity index (χ0) is 10.6. The molecule has 0 saturated heterocycles. The quantitative estimate of drug-likeness (QED) is 0.705. The van der Waals surface area contributed by atoms with Gasteiger partial charge in [-0.2, -0.15) is 12.6 Å². The molecule has 0 heterocycles. The fourth-order valence-electron chi connectivity index (χ4n) is 2.64. The highest BCUT2D eigenvalue weighted by Gasteiger charge is 2.25. The van der Waals surface area contributed by atoms with Crippen molar-refractivity contribution in [1.29, 1.82) is 0 Å². The minimum absolute atomic E-state index is 0.720. The Bertz CT molecular complexity index is 160. The molecule has 0 aliphatic heterocycles. The molecule has 1 fully saturated rings. The fourth-order valence-corrected chi connectivity index (χ4v) is 2.75. The first-order valence-corrected chi connectivity index (χ1v) is 6.59. The normalized spacial score (nSPS) is 30.6. The monoisotopic (exact) mass is 215 g/mol. The molecule has 0 amide bonds. The topological polar surface area (TPSA) is 3.24 Å². The third kappa shape index (κ3) is 3.47. The van der Waals surface area contributed by atoms with E-state index < -0.39 is 0 Å². The van der Waals surface area contributed by atoms with Gasteiger partial charge in [0.1, 0.15) is 0 Å². The Balaban J connectivity index is 2.37. The minimum Gasteiger partial charge on any atom is -0.303 e. The van der Waals surface area contributed by atoms with E-state index in [0.717, 1.165) is 23.6 Å². The first kappa shape index (κ1) is 12.4. The maximum Gasteiger partial charge on any atom is 0.0118 e. The summed E-state index contributed by atoms with van der Waals surface area (Å²) >= 11 is 4.35. The number of nitrogens with zero attached hydrogens (tertiary/aromatic N) is 1. The molecule has 0 spiro atoms. The molecule has 14 heavy (non-hydrogen) atoms. The summed E-state index contributed by atoms with van der Waals surface area (Å²) in [6.45, 7) is 5.90. The zero-order valence-corrected chi connectivity index (χ0v) is 10.8. The standard InChI is InChI=1S/C12H25NS/c1-10(9-14)8-13(3)12-7-5-4-6-11(12)2/h10-12,14H,4-9H2,1-3H3. The van der Waals surface area contributed by atoms with Gasteiger partial charge in [-0.05, 0) is 37.5 Å². The van der Waals surface area contributed by atoms with Gasteiger partial charge in [0.25, 0.3) is 0 Å². The number of hydrogen-bond donors (Lipinski definition) is 1. The molecule has 1 aliphatic carbocycles. The average Bonchev–Trinajstić information content (AvgIpc) is 2.18. The molecule has 0 aromatic heterocycles. The first-order valence-electron chi connectivity index (χ1n) is 5.96. The van der Waals surface area contributed by atoms with Crippen LogP contribution in [0.4, 0.5) is 0 Å². The molecule has 1 saturated carbocycles. The summed E-state index contributed by atoms with van der Waals surface area (Å²) in [5.41, 5.74) is 0. The van der Waals surface area contributed by atoms with Crippen molar-refractivity contribution < 1.29 is 0 Å². The van der Waals surface area contributed by atoms with Gasteiger partial charge in [-0.25, -0.2) is 0 Å². The van der Waals surface area contributed by atoms with E-state index >= 15 is 0 Å². The molecular weight excluding hydrogens is 190 g/mol. The molecule has 0 N–H and O–H groups in total. The number of rotatable bonds is 4. The van der Waals surface area contributed by atoms with Crippen molar-refractivity contribution in [2.75, 3.05) is 19.3 Å². The Labute approximate surface area is 94.7 Å².